The van der Waals surface area contributed by atoms with Crippen LogP contribution in [0.2, 0.25) is 0 Å². The van der Waals surface area contributed by atoms with E-state index in [1.54, 1.807) is 30.1 Å². The zero-order chi connectivity index (χ0) is 20.2. The van der Waals surface area contributed by atoms with Gasteiger partial charge in [-0.15, -0.1) is 25.5 Å². The van der Waals surface area contributed by atoms with Crippen LogP contribution < -0.4 is 20.0 Å². The van der Waals surface area contributed by atoms with Crippen molar-refractivity contribution in [1.29, 1.82) is 0 Å². The standard InChI is InChI=1S/C13H19FN6O5S2/c1-9(2)25-11-15-20(13(22)18(11)3)10(21)16-27(23,24)17-12-19(6-4-5-14)7-8-26-12/h7-9H,4-6H2,1-3H3,(H,16,21). The Morgan fingerprint density at radius 2 is 2.19 bits per heavy atom. The Balaban J connectivity index is 2.26. The number of aromatic nitrogens is 4. The van der Waals surface area contributed by atoms with Gasteiger partial charge >= 0.3 is 27.9 Å². The molecule has 2 aromatic rings. The second-order valence-corrected chi connectivity index (χ2v) is 7.81. The second kappa shape index (κ2) is 8.47. The number of carbonyl (C=O) groups is 1. The van der Waals surface area contributed by atoms with Crippen molar-refractivity contribution in [2.75, 3.05) is 6.67 Å². The van der Waals surface area contributed by atoms with E-state index < -0.39 is 28.6 Å². The lowest BCUT2D eigenvalue weighted by atomic mass is 10.5. The summed E-state index contributed by atoms with van der Waals surface area (Å²) < 4.78 is 49.7. The van der Waals surface area contributed by atoms with Crippen LogP contribution in [0.5, 0.6) is 6.01 Å². The van der Waals surface area contributed by atoms with E-state index in [0.29, 0.717) is 4.68 Å². The maximum atomic E-state index is 12.3. The number of nitrogens with one attached hydrogen (secondary N) is 1. The summed E-state index contributed by atoms with van der Waals surface area (Å²) in [5.74, 6) is 0. The van der Waals surface area contributed by atoms with Gasteiger partial charge in [0.15, 0.2) is 0 Å². The number of ether oxygens (including phenoxy) is 1. The first-order chi connectivity index (χ1) is 12.6. The number of aryl methyl sites for hydroxylation is 1. The van der Waals surface area contributed by atoms with Crippen molar-refractivity contribution in [3.05, 3.63) is 26.9 Å². The molecule has 1 N–H and O–H groups in total. The quantitative estimate of drug-likeness (QED) is 0.668. The molecule has 0 aromatic carbocycles. The van der Waals surface area contributed by atoms with E-state index >= 15 is 0 Å². The molecule has 2 heterocycles. The van der Waals surface area contributed by atoms with Gasteiger partial charge < -0.3 is 9.30 Å². The molecule has 0 aliphatic heterocycles. The molecule has 0 aliphatic carbocycles. The summed E-state index contributed by atoms with van der Waals surface area (Å²) in [4.78, 5) is 24.2. The molecule has 0 fully saturated rings. The Morgan fingerprint density at radius 1 is 1.48 bits per heavy atom. The Labute approximate surface area is 157 Å². The molecule has 27 heavy (non-hydrogen) atoms. The highest BCUT2D eigenvalue weighted by molar-refractivity contribution is 7.88. The fraction of sp³-hybridized carbons (Fsp3) is 0.538. The number of hydrogen-bond acceptors (Lipinski definition) is 7. The fourth-order valence-electron chi connectivity index (χ4n) is 1.91. The van der Waals surface area contributed by atoms with Gasteiger partial charge in [0.05, 0.1) is 12.8 Å². The highest BCUT2D eigenvalue weighted by Gasteiger charge is 2.22. The summed E-state index contributed by atoms with van der Waals surface area (Å²) in [6, 6.07) is -1.44. The molecule has 0 saturated carbocycles. The Kier molecular flexibility index (Phi) is 6.54. The predicted octanol–water partition coefficient (Wildman–Crippen LogP) is -0.00500. The summed E-state index contributed by atoms with van der Waals surface area (Å²) in [6.45, 7) is 3.07. The van der Waals surface area contributed by atoms with Crippen LogP contribution in [0, 0.1) is 0 Å². The van der Waals surface area contributed by atoms with E-state index in [-0.39, 0.29) is 29.9 Å². The first-order valence-electron chi connectivity index (χ1n) is 7.80. The molecule has 0 aliphatic rings. The molecule has 2 rings (SSSR count). The average Bonchev–Trinajstić information content (AvgIpc) is 3.10. The molecule has 2 aromatic heterocycles. The van der Waals surface area contributed by atoms with Crippen molar-refractivity contribution in [3.8, 4) is 6.01 Å². The number of hydrogen-bond donors (Lipinski definition) is 1. The lowest BCUT2D eigenvalue weighted by Crippen LogP contribution is -2.40. The van der Waals surface area contributed by atoms with Crippen LogP contribution in [0.25, 0.3) is 0 Å². The number of rotatable bonds is 7. The molecule has 14 heteroatoms. The van der Waals surface area contributed by atoms with Crippen molar-refractivity contribution in [2.45, 2.75) is 32.9 Å². The van der Waals surface area contributed by atoms with Gasteiger partial charge in [-0.1, -0.05) is 0 Å². The topological polar surface area (TPSA) is 130 Å². The van der Waals surface area contributed by atoms with E-state index in [2.05, 4.69) is 9.50 Å². The minimum absolute atomic E-state index is 0.0564. The van der Waals surface area contributed by atoms with Gasteiger partial charge in [0.25, 0.3) is 0 Å². The number of amides is 1. The lowest BCUT2D eigenvalue weighted by Gasteiger charge is -2.06. The zero-order valence-corrected chi connectivity index (χ0v) is 16.5. The van der Waals surface area contributed by atoms with Crippen LogP contribution in [0.15, 0.2) is 20.8 Å². The van der Waals surface area contributed by atoms with Crippen LogP contribution in [0.4, 0.5) is 9.18 Å². The molecule has 1 amide bonds. The maximum Gasteiger partial charge on any atom is 0.361 e. The van der Waals surface area contributed by atoms with Crippen molar-refractivity contribution in [3.63, 3.8) is 0 Å². The maximum absolute atomic E-state index is 12.3. The SMILES string of the molecule is CC(C)Oc1nn(C(=O)NS(=O)(=O)N=c2sccn2CCCF)c(=O)n1C. The average molecular weight is 422 g/mol. The molecule has 0 unspecified atom stereocenters. The third kappa shape index (κ3) is 5.26. The normalized spacial score (nSPS) is 12.6. The minimum atomic E-state index is -4.47. The van der Waals surface area contributed by atoms with E-state index in [0.717, 1.165) is 15.9 Å². The molecule has 0 spiro atoms. The molecular formula is C13H19FN6O5S2. The summed E-state index contributed by atoms with van der Waals surface area (Å²) in [5.41, 5.74) is -0.882. The molecule has 11 nitrogen and oxygen atoms in total. The number of thiazole rings is 1. The third-order valence-corrected chi connectivity index (χ3v) is 4.84. The number of halogens is 1. The Morgan fingerprint density at radius 3 is 2.81 bits per heavy atom. The van der Waals surface area contributed by atoms with E-state index in [9.17, 15) is 22.4 Å². The van der Waals surface area contributed by atoms with Gasteiger partial charge in [-0.3, -0.25) is 4.39 Å². The molecule has 0 bridgehead atoms. The smallest absolute Gasteiger partial charge is 0.361 e. The Bertz CT molecular complexity index is 1030. The summed E-state index contributed by atoms with van der Waals surface area (Å²) in [6.07, 6.45) is 1.44. The highest BCUT2D eigenvalue weighted by Crippen LogP contribution is 2.04. The van der Waals surface area contributed by atoms with Crippen LogP contribution in [-0.4, -0.2) is 46.1 Å². The van der Waals surface area contributed by atoms with Crippen molar-refractivity contribution < 1.29 is 22.3 Å². The van der Waals surface area contributed by atoms with Gasteiger partial charge in [0.1, 0.15) is 0 Å². The van der Waals surface area contributed by atoms with Gasteiger partial charge in [0.2, 0.25) is 4.80 Å². The van der Waals surface area contributed by atoms with Gasteiger partial charge in [-0.25, -0.2) is 18.9 Å². The molecule has 150 valence electrons. The monoisotopic (exact) mass is 422 g/mol. The first-order valence-corrected chi connectivity index (χ1v) is 10.1. The first kappa shape index (κ1) is 20.8. The van der Waals surface area contributed by atoms with Crippen molar-refractivity contribution in [1.82, 2.24) is 23.6 Å². The second-order valence-electron chi connectivity index (χ2n) is 5.60. The third-order valence-electron chi connectivity index (χ3n) is 3.08. The highest BCUT2D eigenvalue weighted by atomic mass is 32.2. The minimum Gasteiger partial charge on any atom is -0.461 e. The summed E-state index contributed by atoms with van der Waals surface area (Å²) in [5, 5.41) is 5.25. The predicted molar refractivity (Wildman–Crippen MR) is 94.5 cm³/mol. The van der Waals surface area contributed by atoms with E-state index in [1.807, 2.05) is 0 Å². The van der Waals surface area contributed by atoms with Crippen molar-refractivity contribution in [2.24, 2.45) is 11.4 Å². The van der Waals surface area contributed by atoms with Crippen LogP contribution in [-0.2, 0) is 23.8 Å². The molecular weight excluding hydrogens is 403 g/mol. The number of nitrogens with zero attached hydrogens (tertiary/aromatic N) is 5. The lowest BCUT2D eigenvalue weighted by molar-refractivity contribution is 0.211. The van der Waals surface area contributed by atoms with Gasteiger partial charge in [0, 0.05) is 25.2 Å². The fourth-order valence-corrected chi connectivity index (χ4v) is 3.66. The van der Waals surface area contributed by atoms with Gasteiger partial charge in [-0.2, -0.15) is 8.42 Å². The Hall–Kier alpha value is -2.48. The number of alkyl halides is 1. The summed E-state index contributed by atoms with van der Waals surface area (Å²) in [7, 11) is -3.14. The van der Waals surface area contributed by atoms with Crippen LogP contribution in [0.3, 0.4) is 0 Å². The van der Waals surface area contributed by atoms with Gasteiger partial charge in [-0.05, 0) is 20.3 Å². The summed E-state index contributed by atoms with van der Waals surface area (Å²) >= 11 is 1.00. The number of carbonyl (C=O) groups excluding carboxylic acids is 1. The molecule has 0 saturated heterocycles. The largest absolute Gasteiger partial charge is 0.461 e. The van der Waals surface area contributed by atoms with Crippen molar-refractivity contribution >= 4 is 27.6 Å². The molecule has 0 atom stereocenters. The van der Waals surface area contributed by atoms with Crippen LogP contribution >= 0.6 is 11.3 Å². The molecule has 0 radical (unpaired) electrons. The van der Waals surface area contributed by atoms with E-state index in [4.69, 9.17) is 4.74 Å². The van der Waals surface area contributed by atoms with Crippen LogP contribution in [0.1, 0.15) is 20.3 Å². The zero-order valence-electron chi connectivity index (χ0n) is 14.8. The van der Waals surface area contributed by atoms with E-state index in [1.165, 1.54) is 11.6 Å².